The number of ether oxygens (including phenoxy) is 1. The van der Waals surface area contributed by atoms with E-state index in [4.69, 9.17) is 9.57 Å². The van der Waals surface area contributed by atoms with Gasteiger partial charge in [-0.1, -0.05) is 43.7 Å². The third kappa shape index (κ3) is 4.42. The van der Waals surface area contributed by atoms with Crippen LogP contribution < -0.4 is 0 Å². The van der Waals surface area contributed by atoms with E-state index in [1.54, 1.807) is 0 Å². The number of benzene rings is 1. The van der Waals surface area contributed by atoms with Crippen LogP contribution >= 0.6 is 0 Å². The molecule has 0 spiro atoms. The molecule has 5 nitrogen and oxygen atoms in total. The zero-order valence-electron chi connectivity index (χ0n) is 17.5. The summed E-state index contributed by atoms with van der Waals surface area (Å²) in [7, 11) is 0. The van der Waals surface area contributed by atoms with Crippen LogP contribution in [0, 0.1) is 11.8 Å². The normalized spacial score (nSPS) is 29.9. The highest BCUT2D eigenvalue weighted by atomic mass is 16.7. The van der Waals surface area contributed by atoms with Gasteiger partial charge in [-0.2, -0.15) is 5.06 Å². The van der Waals surface area contributed by atoms with E-state index in [9.17, 15) is 9.90 Å². The summed E-state index contributed by atoms with van der Waals surface area (Å²) < 4.78 is 5.54. The van der Waals surface area contributed by atoms with E-state index in [1.807, 2.05) is 37.3 Å². The second-order valence-electron chi connectivity index (χ2n) is 8.66. The molecule has 0 aromatic heterocycles. The lowest BCUT2D eigenvalue weighted by molar-refractivity contribution is -0.258. The molecule has 5 heteroatoms. The fourth-order valence-electron chi connectivity index (χ4n) is 4.86. The maximum absolute atomic E-state index is 12.6. The SMILES string of the molecule is CCCC(CO)[C@]1(C)CCC[C@H]2C[C@@H](C(C)C(=O)OCc3ccccc3)ON21. The first kappa shape index (κ1) is 21.3. The van der Waals surface area contributed by atoms with Crippen molar-refractivity contribution in [2.75, 3.05) is 6.61 Å². The van der Waals surface area contributed by atoms with Gasteiger partial charge in [0.25, 0.3) is 0 Å². The fourth-order valence-corrected chi connectivity index (χ4v) is 4.86. The molecule has 0 saturated carbocycles. The van der Waals surface area contributed by atoms with Gasteiger partial charge in [-0.25, -0.2) is 0 Å². The smallest absolute Gasteiger partial charge is 0.311 e. The fraction of sp³-hybridized carbons (Fsp3) is 0.696. The van der Waals surface area contributed by atoms with E-state index in [2.05, 4.69) is 18.9 Å². The molecule has 3 rings (SSSR count). The molecule has 2 saturated heterocycles. The number of esters is 1. The number of hydrogen-bond donors (Lipinski definition) is 1. The van der Waals surface area contributed by atoms with Crippen molar-refractivity contribution in [3.63, 3.8) is 0 Å². The molecule has 0 aliphatic carbocycles. The Morgan fingerprint density at radius 3 is 2.82 bits per heavy atom. The average Bonchev–Trinajstić information content (AvgIpc) is 3.16. The molecule has 2 unspecified atom stereocenters. The Bertz CT molecular complexity index is 637. The van der Waals surface area contributed by atoms with Crippen molar-refractivity contribution in [2.24, 2.45) is 11.8 Å². The molecule has 28 heavy (non-hydrogen) atoms. The number of carbonyl (C=O) groups is 1. The van der Waals surface area contributed by atoms with Crippen molar-refractivity contribution in [2.45, 2.75) is 83.6 Å². The van der Waals surface area contributed by atoms with Crippen LogP contribution in [0.4, 0.5) is 0 Å². The molecule has 2 aliphatic heterocycles. The van der Waals surface area contributed by atoms with Gasteiger partial charge in [0, 0.05) is 24.1 Å². The van der Waals surface area contributed by atoms with E-state index in [-0.39, 0.29) is 36.1 Å². The predicted octanol–water partition coefficient (Wildman–Crippen LogP) is 4.09. The van der Waals surface area contributed by atoms with Gasteiger partial charge in [0.1, 0.15) is 6.61 Å². The van der Waals surface area contributed by atoms with Crippen LogP contribution in [0.15, 0.2) is 30.3 Å². The summed E-state index contributed by atoms with van der Waals surface area (Å²) in [6.07, 6.45) is 5.97. The lowest BCUT2D eigenvalue weighted by Crippen LogP contribution is -2.56. The number of hydroxylamine groups is 2. The van der Waals surface area contributed by atoms with Crippen molar-refractivity contribution in [3.8, 4) is 0 Å². The summed E-state index contributed by atoms with van der Waals surface area (Å²) >= 11 is 0. The van der Waals surface area contributed by atoms with Crippen LogP contribution in [-0.4, -0.2) is 40.4 Å². The number of carbonyl (C=O) groups excluding carboxylic acids is 1. The minimum Gasteiger partial charge on any atom is -0.461 e. The Kier molecular flexibility index (Phi) is 7.13. The Morgan fingerprint density at radius 2 is 2.14 bits per heavy atom. The second-order valence-corrected chi connectivity index (χ2v) is 8.66. The number of fused-ring (bicyclic) bond motifs is 1. The molecular formula is C23H35NO4. The third-order valence-corrected chi connectivity index (χ3v) is 6.70. The number of piperidine rings is 1. The maximum Gasteiger partial charge on any atom is 0.311 e. The standard InChI is InChI=1S/C23H35NO4/c1-4-9-19(15-25)23(3)13-8-12-20-14-21(28-24(20)23)17(2)22(26)27-16-18-10-6-5-7-11-18/h5-7,10-11,17,19-21,25H,4,8-9,12-16H2,1-3H3/t17?,19?,20-,21-,23-/m0/s1. The molecular weight excluding hydrogens is 354 g/mol. The minimum atomic E-state index is -0.308. The van der Waals surface area contributed by atoms with Gasteiger partial charge in [-0.05, 0) is 51.5 Å². The van der Waals surface area contributed by atoms with Gasteiger partial charge >= 0.3 is 5.97 Å². The summed E-state index contributed by atoms with van der Waals surface area (Å²) in [5.41, 5.74) is 0.821. The molecule has 5 atom stereocenters. The van der Waals surface area contributed by atoms with E-state index in [0.717, 1.165) is 44.1 Å². The quantitative estimate of drug-likeness (QED) is 0.679. The number of nitrogens with zero attached hydrogens (tertiary/aromatic N) is 1. The van der Waals surface area contributed by atoms with E-state index in [1.165, 1.54) is 0 Å². The van der Waals surface area contributed by atoms with Crippen molar-refractivity contribution >= 4 is 5.97 Å². The molecule has 2 fully saturated rings. The van der Waals surface area contributed by atoms with E-state index < -0.39 is 0 Å². The third-order valence-electron chi connectivity index (χ3n) is 6.70. The summed E-state index contributed by atoms with van der Waals surface area (Å²) in [6.45, 7) is 6.76. The molecule has 0 amide bonds. The first-order valence-corrected chi connectivity index (χ1v) is 10.8. The van der Waals surface area contributed by atoms with Crippen LogP contribution in [0.3, 0.4) is 0 Å². The van der Waals surface area contributed by atoms with Gasteiger partial charge in [-0.15, -0.1) is 0 Å². The molecule has 2 heterocycles. The zero-order valence-corrected chi connectivity index (χ0v) is 17.5. The Hall–Kier alpha value is -1.43. The van der Waals surface area contributed by atoms with E-state index >= 15 is 0 Å². The number of hydrogen-bond acceptors (Lipinski definition) is 5. The summed E-state index contributed by atoms with van der Waals surface area (Å²) in [5, 5.41) is 12.1. The molecule has 0 bridgehead atoms. The molecule has 156 valence electrons. The van der Waals surface area contributed by atoms with Crippen LogP contribution in [0.25, 0.3) is 0 Å². The van der Waals surface area contributed by atoms with E-state index in [0.29, 0.717) is 12.6 Å². The van der Waals surface area contributed by atoms with Gasteiger partial charge in [0.05, 0.1) is 12.0 Å². The molecule has 1 aromatic rings. The topological polar surface area (TPSA) is 59.0 Å². The zero-order chi connectivity index (χ0) is 20.1. The first-order chi connectivity index (χ1) is 13.5. The average molecular weight is 390 g/mol. The highest BCUT2D eigenvalue weighted by molar-refractivity contribution is 5.72. The minimum absolute atomic E-state index is 0.160. The number of rotatable bonds is 8. The van der Waals surface area contributed by atoms with Gasteiger partial charge < -0.3 is 9.84 Å². The predicted molar refractivity (Wildman–Crippen MR) is 108 cm³/mol. The van der Waals surface area contributed by atoms with Crippen molar-refractivity contribution in [3.05, 3.63) is 35.9 Å². The van der Waals surface area contributed by atoms with Crippen molar-refractivity contribution < 1.29 is 19.5 Å². The summed E-state index contributed by atoms with van der Waals surface area (Å²) in [5.74, 6) is -0.320. The summed E-state index contributed by atoms with van der Waals surface area (Å²) in [4.78, 5) is 19.0. The van der Waals surface area contributed by atoms with Crippen LogP contribution in [0.2, 0.25) is 0 Å². The Labute approximate surface area is 169 Å². The summed E-state index contributed by atoms with van der Waals surface area (Å²) in [6, 6.07) is 10.1. The highest BCUT2D eigenvalue weighted by Crippen LogP contribution is 2.45. The van der Waals surface area contributed by atoms with Gasteiger partial charge in [-0.3, -0.25) is 9.63 Å². The van der Waals surface area contributed by atoms with Crippen LogP contribution in [0.1, 0.15) is 64.9 Å². The number of aliphatic hydroxyl groups excluding tert-OH is 1. The molecule has 1 aromatic carbocycles. The molecule has 1 N–H and O–H groups in total. The maximum atomic E-state index is 12.6. The largest absolute Gasteiger partial charge is 0.461 e. The van der Waals surface area contributed by atoms with Crippen molar-refractivity contribution in [1.82, 2.24) is 5.06 Å². The number of aliphatic hydroxyl groups is 1. The molecule has 0 radical (unpaired) electrons. The first-order valence-electron chi connectivity index (χ1n) is 10.8. The van der Waals surface area contributed by atoms with Crippen LogP contribution in [-0.2, 0) is 21.0 Å². The lowest BCUT2D eigenvalue weighted by atomic mass is 9.75. The lowest BCUT2D eigenvalue weighted by Gasteiger charge is -2.49. The Morgan fingerprint density at radius 1 is 1.39 bits per heavy atom. The second kappa shape index (κ2) is 9.38. The van der Waals surface area contributed by atoms with Gasteiger partial charge in [0.2, 0.25) is 0 Å². The van der Waals surface area contributed by atoms with Crippen LogP contribution in [0.5, 0.6) is 0 Å². The molecule has 2 aliphatic rings. The van der Waals surface area contributed by atoms with Crippen molar-refractivity contribution in [1.29, 1.82) is 0 Å². The van der Waals surface area contributed by atoms with Gasteiger partial charge in [0.15, 0.2) is 0 Å². The Balaban J connectivity index is 1.62. The highest BCUT2D eigenvalue weighted by Gasteiger charge is 2.51. The monoisotopic (exact) mass is 389 g/mol.